The lowest BCUT2D eigenvalue weighted by atomic mass is 10.1. The first kappa shape index (κ1) is 16.5. The molecule has 1 aromatic heterocycles. The van der Waals surface area contributed by atoms with Gasteiger partial charge in [0.15, 0.2) is 0 Å². The van der Waals surface area contributed by atoms with Gasteiger partial charge in [0.1, 0.15) is 0 Å². The number of hydrogen-bond acceptors (Lipinski definition) is 3. The number of piperazine rings is 1. The summed E-state index contributed by atoms with van der Waals surface area (Å²) in [7, 11) is 4.27. The molecule has 1 saturated carbocycles. The van der Waals surface area contributed by atoms with Crippen LogP contribution in [-0.2, 0) is 11.8 Å². The van der Waals surface area contributed by atoms with E-state index in [0.717, 1.165) is 45.6 Å². The second-order valence-corrected chi connectivity index (χ2v) is 7.13. The number of aromatic nitrogens is 1. The third kappa shape index (κ3) is 3.96. The van der Waals surface area contributed by atoms with Crippen LogP contribution in [0.4, 0.5) is 0 Å². The maximum absolute atomic E-state index is 12.4. The van der Waals surface area contributed by atoms with E-state index < -0.39 is 0 Å². The predicted molar refractivity (Wildman–Crippen MR) is 92.2 cm³/mol. The van der Waals surface area contributed by atoms with Crippen molar-refractivity contribution in [1.29, 1.82) is 0 Å². The van der Waals surface area contributed by atoms with Gasteiger partial charge in [-0.25, -0.2) is 0 Å². The maximum atomic E-state index is 12.4. The van der Waals surface area contributed by atoms with E-state index >= 15 is 0 Å². The zero-order valence-electron chi connectivity index (χ0n) is 14.5. The molecule has 1 unspecified atom stereocenters. The predicted octanol–water partition coefficient (Wildman–Crippen LogP) is 1.62. The minimum Gasteiger partial charge on any atom is -0.354 e. The molecule has 0 radical (unpaired) electrons. The van der Waals surface area contributed by atoms with Crippen molar-refractivity contribution in [1.82, 2.24) is 19.7 Å². The average Bonchev–Trinajstić information content (AvgIpc) is 3.21. The first-order chi connectivity index (χ1) is 11.1. The Balaban J connectivity index is 1.65. The fraction of sp³-hybridized carbons (Fsp3) is 0.722. The highest BCUT2D eigenvalue weighted by atomic mass is 16.1. The van der Waals surface area contributed by atoms with Crippen LogP contribution < -0.4 is 5.32 Å². The molecule has 3 rings (SSSR count). The lowest BCUT2D eigenvalue weighted by Crippen LogP contribution is -2.49. The van der Waals surface area contributed by atoms with Gasteiger partial charge in [0.05, 0.1) is 6.04 Å². The highest BCUT2D eigenvalue weighted by Crippen LogP contribution is 2.26. The van der Waals surface area contributed by atoms with E-state index in [0.29, 0.717) is 0 Å². The van der Waals surface area contributed by atoms with E-state index in [-0.39, 0.29) is 17.9 Å². The van der Waals surface area contributed by atoms with E-state index in [9.17, 15) is 4.79 Å². The van der Waals surface area contributed by atoms with E-state index in [2.05, 4.69) is 52.1 Å². The van der Waals surface area contributed by atoms with Gasteiger partial charge in [-0.1, -0.05) is 12.8 Å². The smallest absolute Gasteiger partial charge is 0.223 e. The van der Waals surface area contributed by atoms with Gasteiger partial charge in [0, 0.05) is 57.6 Å². The van der Waals surface area contributed by atoms with Crippen molar-refractivity contribution in [3.63, 3.8) is 0 Å². The van der Waals surface area contributed by atoms with Crippen LogP contribution in [0, 0.1) is 5.92 Å². The molecule has 0 aromatic carbocycles. The van der Waals surface area contributed by atoms with Gasteiger partial charge >= 0.3 is 0 Å². The van der Waals surface area contributed by atoms with Crippen molar-refractivity contribution in [3.8, 4) is 0 Å². The molecule has 1 atom stereocenters. The van der Waals surface area contributed by atoms with Crippen LogP contribution in [0.25, 0.3) is 0 Å². The summed E-state index contributed by atoms with van der Waals surface area (Å²) in [5, 5.41) is 3.24. The molecule has 23 heavy (non-hydrogen) atoms. The largest absolute Gasteiger partial charge is 0.354 e. The van der Waals surface area contributed by atoms with Gasteiger partial charge in [0.2, 0.25) is 5.91 Å². The second kappa shape index (κ2) is 7.49. The van der Waals surface area contributed by atoms with Gasteiger partial charge in [0.25, 0.3) is 0 Å². The summed E-state index contributed by atoms with van der Waals surface area (Å²) in [6.45, 7) is 5.03. The molecule has 1 N–H and O–H groups in total. The molecule has 1 saturated heterocycles. The third-order valence-electron chi connectivity index (χ3n) is 5.50. The first-order valence-electron chi connectivity index (χ1n) is 8.96. The quantitative estimate of drug-likeness (QED) is 0.897. The standard InChI is InChI=1S/C18H30N4O/c1-20-10-12-22(13-11-20)17(16-8-5-9-21(16)2)14-19-18(23)15-6-3-4-7-15/h5,8-9,15,17H,3-4,6-7,10-14H2,1-2H3,(H,19,23). The molecule has 5 heteroatoms. The number of aryl methyl sites for hydroxylation is 1. The Labute approximate surface area is 139 Å². The maximum Gasteiger partial charge on any atom is 0.223 e. The van der Waals surface area contributed by atoms with Crippen LogP contribution in [0.1, 0.15) is 37.4 Å². The Bertz CT molecular complexity index is 513. The van der Waals surface area contributed by atoms with E-state index in [1.54, 1.807) is 0 Å². The average molecular weight is 318 g/mol. The Kier molecular flexibility index (Phi) is 5.38. The number of rotatable bonds is 5. The van der Waals surface area contributed by atoms with E-state index in [1.807, 2.05) is 0 Å². The van der Waals surface area contributed by atoms with Crippen LogP contribution in [0.5, 0.6) is 0 Å². The molecule has 2 aliphatic rings. The minimum absolute atomic E-state index is 0.247. The van der Waals surface area contributed by atoms with Gasteiger partial charge in [-0.2, -0.15) is 0 Å². The summed E-state index contributed by atoms with van der Waals surface area (Å²) >= 11 is 0. The minimum atomic E-state index is 0.247. The van der Waals surface area contributed by atoms with Crippen LogP contribution in [-0.4, -0.2) is 60.0 Å². The van der Waals surface area contributed by atoms with Gasteiger partial charge in [-0.3, -0.25) is 9.69 Å². The monoisotopic (exact) mass is 318 g/mol. The zero-order chi connectivity index (χ0) is 16.2. The highest BCUT2D eigenvalue weighted by molar-refractivity contribution is 5.78. The molecule has 2 heterocycles. The van der Waals surface area contributed by atoms with Crippen LogP contribution in [0.3, 0.4) is 0 Å². The van der Waals surface area contributed by atoms with Gasteiger partial charge < -0.3 is 14.8 Å². The summed E-state index contributed by atoms with van der Waals surface area (Å²) in [5.74, 6) is 0.507. The Morgan fingerprint density at radius 1 is 1.22 bits per heavy atom. The van der Waals surface area contributed by atoms with Crippen molar-refractivity contribution in [3.05, 3.63) is 24.0 Å². The molecule has 0 spiro atoms. The van der Waals surface area contributed by atoms with Crippen molar-refractivity contribution < 1.29 is 4.79 Å². The molecular formula is C18H30N4O. The zero-order valence-corrected chi connectivity index (χ0v) is 14.5. The number of likely N-dealkylation sites (N-methyl/N-ethyl adjacent to an activating group) is 1. The van der Waals surface area contributed by atoms with Crippen LogP contribution >= 0.6 is 0 Å². The first-order valence-corrected chi connectivity index (χ1v) is 8.96. The summed E-state index contributed by atoms with van der Waals surface area (Å²) in [5.41, 5.74) is 1.29. The van der Waals surface area contributed by atoms with Crippen molar-refractivity contribution in [2.24, 2.45) is 13.0 Å². The lowest BCUT2D eigenvalue weighted by molar-refractivity contribution is -0.125. The number of amides is 1. The number of carbonyl (C=O) groups is 1. The molecule has 2 fully saturated rings. The molecular weight excluding hydrogens is 288 g/mol. The second-order valence-electron chi connectivity index (χ2n) is 7.13. The SMILES string of the molecule is CN1CCN(C(CNC(=O)C2CCCC2)c2cccn2C)CC1. The third-order valence-corrected chi connectivity index (χ3v) is 5.50. The molecule has 1 aliphatic carbocycles. The fourth-order valence-corrected chi connectivity index (χ4v) is 3.90. The molecule has 1 amide bonds. The summed E-state index contributed by atoms with van der Waals surface area (Å²) < 4.78 is 2.19. The van der Waals surface area contributed by atoms with Crippen LogP contribution in [0.15, 0.2) is 18.3 Å². The summed E-state index contributed by atoms with van der Waals surface area (Å²) in [6.07, 6.45) is 6.64. The molecule has 1 aromatic rings. The number of nitrogens with zero attached hydrogens (tertiary/aromatic N) is 3. The topological polar surface area (TPSA) is 40.5 Å². The van der Waals surface area contributed by atoms with Crippen molar-refractivity contribution in [2.45, 2.75) is 31.7 Å². The summed E-state index contributed by atoms with van der Waals surface area (Å²) in [6, 6.07) is 4.55. The van der Waals surface area contributed by atoms with Crippen LogP contribution in [0.2, 0.25) is 0 Å². The summed E-state index contributed by atoms with van der Waals surface area (Å²) in [4.78, 5) is 17.3. The highest BCUT2D eigenvalue weighted by Gasteiger charge is 2.28. The van der Waals surface area contributed by atoms with E-state index in [4.69, 9.17) is 0 Å². The van der Waals surface area contributed by atoms with Crippen molar-refractivity contribution >= 4 is 5.91 Å². The Morgan fingerprint density at radius 2 is 1.91 bits per heavy atom. The molecule has 5 nitrogen and oxygen atoms in total. The molecule has 0 bridgehead atoms. The number of carbonyl (C=O) groups excluding carboxylic acids is 1. The number of nitrogens with one attached hydrogen (secondary N) is 1. The molecule has 128 valence electrons. The fourth-order valence-electron chi connectivity index (χ4n) is 3.90. The normalized spacial score (nSPS) is 22.3. The number of hydrogen-bond donors (Lipinski definition) is 1. The van der Waals surface area contributed by atoms with Gasteiger partial charge in [-0.05, 0) is 32.0 Å². The van der Waals surface area contributed by atoms with Crippen molar-refractivity contribution in [2.75, 3.05) is 39.8 Å². The molecule has 1 aliphatic heterocycles. The van der Waals surface area contributed by atoms with Gasteiger partial charge in [-0.15, -0.1) is 0 Å². The Morgan fingerprint density at radius 3 is 2.52 bits per heavy atom. The van der Waals surface area contributed by atoms with E-state index in [1.165, 1.54) is 18.5 Å². The lowest BCUT2D eigenvalue weighted by Gasteiger charge is -2.38. The Hall–Kier alpha value is -1.33.